The Bertz CT molecular complexity index is 527. The number of aliphatic hydroxyl groups excluding tert-OH is 1. The van der Waals surface area contributed by atoms with Gasteiger partial charge in [-0.1, -0.05) is 30.3 Å². The molecule has 0 amide bonds. The van der Waals surface area contributed by atoms with Crippen molar-refractivity contribution in [2.24, 2.45) is 0 Å². The van der Waals surface area contributed by atoms with Crippen molar-refractivity contribution in [3.63, 3.8) is 0 Å². The summed E-state index contributed by atoms with van der Waals surface area (Å²) in [5.41, 5.74) is 0.507. The lowest BCUT2D eigenvalue weighted by Crippen LogP contribution is -2.02. The Kier molecular flexibility index (Phi) is 3.89. The average Bonchev–Trinajstić information content (AvgIpc) is 2.40. The highest BCUT2D eigenvalue weighted by Gasteiger charge is 2.13. The third kappa shape index (κ3) is 2.65. The van der Waals surface area contributed by atoms with E-state index < -0.39 is 18.2 Å². The second-order valence-corrected chi connectivity index (χ2v) is 3.77. The molecule has 0 bridgehead atoms. The lowest BCUT2D eigenvalue weighted by Gasteiger charge is -2.10. The zero-order valence-electron chi connectivity index (χ0n) is 9.57. The minimum Gasteiger partial charge on any atom is -0.486 e. The number of ether oxygens (including phenoxy) is 1. The van der Waals surface area contributed by atoms with Crippen LogP contribution in [0.4, 0.5) is 8.78 Å². The predicted molar refractivity (Wildman–Crippen MR) is 63.1 cm³/mol. The van der Waals surface area contributed by atoms with Gasteiger partial charge in [0.25, 0.3) is 0 Å². The van der Waals surface area contributed by atoms with Gasteiger partial charge in [-0.05, 0) is 17.7 Å². The predicted octanol–water partition coefficient (Wildman–Crippen LogP) is 3.04. The van der Waals surface area contributed by atoms with Gasteiger partial charge in [-0.15, -0.1) is 0 Å². The van der Waals surface area contributed by atoms with E-state index in [9.17, 15) is 8.78 Å². The first-order chi connectivity index (χ1) is 8.72. The van der Waals surface area contributed by atoms with E-state index in [0.717, 1.165) is 11.6 Å². The van der Waals surface area contributed by atoms with Gasteiger partial charge in [-0.25, -0.2) is 8.78 Å². The normalized spacial score (nSPS) is 10.4. The van der Waals surface area contributed by atoms with Crippen molar-refractivity contribution in [3.8, 4) is 5.75 Å². The van der Waals surface area contributed by atoms with Crippen molar-refractivity contribution in [2.75, 3.05) is 0 Å². The fourth-order valence-corrected chi connectivity index (χ4v) is 1.57. The van der Waals surface area contributed by atoms with Crippen molar-refractivity contribution in [2.45, 2.75) is 13.2 Å². The van der Waals surface area contributed by atoms with Crippen LogP contribution in [0.15, 0.2) is 42.5 Å². The summed E-state index contributed by atoms with van der Waals surface area (Å²) in [5.74, 6) is -1.69. The minimum absolute atomic E-state index is 0.0655. The van der Waals surface area contributed by atoms with Crippen LogP contribution in [-0.2, 0) is 13.2 Å². The summed E-state index contributed by atoms with van der Waals surface area (Å²) in [4.78, 5) is 0. The van der Waals surface area contributed by atoms with Crippen LogP contribution in [0.5, 0.6) is 5.75 Å². The molecule has 2 aromatic carbocycles. The van der Waals surface area contributed by atoms with E-state index in [4.69, 9.17) is 9.84 Å². The third-order valence-electron chi connectivity index (χ3n) is 2.55. The lowest BCUT2D eigenvalue weighted by molar-refractivity contribution is 0.256. The maximum absolute atomic E-state index is 13.7. The van der Waals surface area contributed by atoms with Crippen LogP contribution in [0.25, 0.3) is 0 Å². The lowest BCUT2D eigenvalue weighted by atomic mass is 10.2. The van der Waals surface area contributed by atoms with Gasteiger partial charge in [0.05, 0.1) is 12.2 Å². The first-order valence-electron chi connectivity index (χ1n) is 5.47. The molecule has 0 aliphatic rings. The van der Waals surface area contributed by atoms with E-state index in [2.05, 4.69) is 0 Å². The fourth-order valence-electron chi connectivity index (χ4n) is 1.57. The summed E-state index contributed by atoms with van der Waals surface area (Å²) in [6.07, 6.45) is 0. The molecular formula is C14H12F2O2. The maximum Gasteiger partial charge on any atom is 0.173 e. The molecule has 0 saturated heterocycles. The van der Waals surface area contributed by atoms with Gasteiger partial charge in [-0.3, -0.25) is 0 Å². The number of benzene rings is 2. The summed E-state index contributed by atoms with van der Waals surface area (Å²) in [7, 11) is 0. The van der Waals surface area contributed by atoms with Gasteiger partial charge >= 0.3 is 0 Å². The summed E-state index contributed by atoms with van der Waals surface area (Å²) >= 11 is 0. The van der Waals surface area contributed by atoms with Gasteiger partial charge in [0.15, 0.2) is 11.6 Å². The molecule has 0 aliphatic carbocycles. The summed E-state index contributed by atoms with van der Waals surface area (Å²) in [5, 5.41) is 8.87. The topological polar surface area (TPSA) is 29.5 Å². The average molecular weight is 250 g/mol. The largest absolute Gasteiger partial charge is 0.486 e. The molecule has 0 aliphatic heterocycles. The zero-order valence-corrected chi connectivity index (χ0v) is 9.57. The molecule has 0 spiro atoms. The summed E-state index contributed by atoms with van der Waals surface area (Å²) in [6.45, 7) is -0.505. The molecule has 2 rings (SSSR count). The van der Waals surface area contributed by atoms with E-state index >= 15 is 0 Å². The van der Waals surface area contributed by atoms with Crippen LogP contribution in [0.3, 0.4) is 0 Å². The second kappa shape index (κ2) is 5.60. The van der Waals surface area contributed by atoms with E-state index in [1.807, 2.05) is 30.3 Å². The molecule has 0 fully saturated rings. The molecule has 0 saturated carbocycles. The third-order valence-corrected chi connectivity index (χ3v) is 2.55. The van der Waals surface area contributed by atoms with Crippen molar-refractivity contribution < 1.29 is 18.6 Å². The highest BCUT2D eigenvalue weighted by molar-refractivity contribution is 5.32. The van der Waals surface area contributed by atoms with Crippen molar-refractivity contribution in [1.29, 1.82) is 0 Å². The number of hydrogen-bond acceptors (Lipinski definition) is 2. The number of hydrogen-bond donors (Lipinski definition) is 1. The van der Waals surface area contributed by atoms with E-state index in [0.29, 0.717) is 0 Å². The quantitative estimate of drug-likeness (QED) is 0.903. The molecule has 18 heavy (non-hydrogen) atoms. The van der Waals surface area contributed by atoms with Gasteiger partial charge in [0, 0.05) is 0 Å². The smallest absolute Gasteiger partial charge is 0.173 e. The molecule has 1 N–H and O–H groups in total. The number of rotatable bonds is 4. The van der Waals surface area contributed by atoms with Crippen LogP contribution in [-0.4, -0.2) is 5.11 Å². The highest BCUT2D eigenvalue weighted by atomic mass is 19.1. The Morgan fingerprint density at radius 3 is 2.39 bits per heavy atom. The molecule has 0 aromatic heterocycles. The maximum atomic E-state index is 13.7. The van der Waals surface area contributed by atoms with E-state index in [1.54, 1.807) is 0 Å². The molecule has 2 nitrogen and oxygen atoms in total. The Morgan fingerprint density at radius 1 is 1.00 bits per heavy atom. The molecule has 0 heterocycles. The van der Waals surface area contributed by atoms with Crippen LogP contribution < -0.4 is 4.74 Å². The van der Waals surface area contributed by atoms with E-state index in [-0.39, 0.29) is 17.9 Å². The fraction of sp³-hybridized carbons (Fsp3) is 0.143. The van der Waals surface area contributed by atoms with Crippen LogP contribution in [0, 0.1) is 11.6 Å². The molecule has 0 atom stereocenters. The zero-order chi connectivity index (χ0) is 13.0. The monoisotopic (exact) mass is 250 g/mol. The minimum atomic E-state index is -0.853. The van der Waals surface area contributed by atoms with Crippen LogP contribution >= 0.6 is 0 Å². The Hall–Kier alpha value is -1.94. The Labute approximate surface area is 103 Å². The van der Waals surface area contributed by atoms with Crippen LogP contribution in [0.2, 0.25) is 0 Å². The van der Waals surface area contributed by atoms with Crippen molar-refractivity contribution in [3.05, 3.63) is 65.2 Å². The van der Waals surface area contributed by atoms with E-state index in [1.165, 1.54) is 6.07 Å². The van der Waals surface area contributed by atoms with Gasteiger partial charge in [0.2, 0.25) is 0 Å². The standard InChI is InChI=1S/C14H12F2O2/c15-12-6-7-13(14(16)11(12)8-17)18-9-10-4-2-1-3-5-10/h1-7,17H,8-9H2. The van der Waals surface area contributed by atoms with Crippen LogP contribution in [0.1, 0.15) is 11.1 Å². The molecule has 94 valence electrons. The Morgan fingerprint density at radius 2 is 1.72 bits per heavy atom. The Balaban J connectivity index is 2.15. The van der Waals surface area contributed by atoms with Gasteiger partial charge in [0.1, 0.15) is 12.4 Å². The first kappa shape index (κ1) is 12.5. The molecular weight excluding hydrogens is 238 g/mol. The van der Waals surface area contributed by atoms with Crippen molar-refractivity contribution in [1.82, 2.24) is 0 Å². The second-order valence-electron chi connectivity index (χ2n) is 3.77. The van der Waals surface area contributed by atoms with Gasteiger partial charge in [-0.2, -0.15) is 0 Å². The molecule has 0 unspecified atom stereocenters. The molecule has 2 aromatic rings. The summed E-state index contributed by atoms with van der Waals surface area (Å²) < 4.78 is 32.1. The number of halogens is 2. The molecule has 4 heteroatoms. The number of aliphatic hydroxyl groups is 1. The molecule has 0 radical (unpaired) electrons. The van der Waals surface area contributed by atoms with Crippen molar-refractivity contribution >= 4 is 0 Å². The van der Waals surface area contributed by atoms with Gasteiger partial charge < -0.3 is 9.84 Å². The summed E-state index contributed by atoms with van der Waals surface area (Å²) in [6, 6.07) is 11.5. The SMILES string of the molecule is OCc1c(F)ccc(OCc2ccccc2)c1F. The highest BCUT2D eigenvalue weighted by Crippen LogP contribution is 2.24. The first-order valence-corrected chi connectivity index (χ1v) is 5.47.